The summed E-state index contributed by atoms with van der Waals surface area (Å²) >= 11 is 6.09. The van der Waals surface area contributed by atoms with Crippen molar-refractivity contribution < 1.29 is 13.2 Å². The smallest absolute Gasteiger partial charge is 0.134 e. The van der Waals surface area contributed by atoms with Crippen LogP contribution < -0.4 is 4.90 Å². The molecule has 7 heteroatoms. The molecule has 2 heterocycles. The van der Waals surface area contributed by atoms with Gasteiger partial charge in [-0.05, 0) is 66.6 Å². The first-order valence-corrected chi connectivity index (χ1v) is 11.9. The van der Waals surface area contributed by atoms with Crippen molar-refractivity contribution in [2.45, 2.75) is 13.5 Å². The van der Waals surface area contributed by atoms with E-state index in [0.717, 1.165) is 66.0 Å². The van der Waals surface area contributed by atoms with Crippen LogP contribution in [0, 0.1) is 24.4 Å². The number of aromatic nitrogens is 1. The van der Waals surface area contributed by atoms with Gasteiger partial charge in [-0.15, -0.1) is 0 Å². The Morgan fingerprint density at radius 1 is 0.829 bits per heavy atom. The van der Waals surface area contributed by atoms with Gasteiger partial charge in [0.15, 0.2) is 0 Å². The Bertz CT molecular complexity index is 1330. The standard InChI is InChI=1S/C28H25ClF3N3/c1-18-25(17-34-12-14-35(15-13-34)23-9-6-21(30)7-10-23)27(24-11-8-22(31)16-26(24)32)28(33-18)19-2-4-20(29)5-3-19/h2-11,16,33H,12-15,17H2,1H3. The lowest BCUT2D eigenvalue weighted by atomic mass is 9.96. The van der Waals surface area contributed by atoms with Crippen LogP contribution in [0.4, 0.5) is 18.9 Å². The summed E-state index contributed by atoms with van der Waals surface area (Å²) in [6, 6.07) is 17.7. The van der Waals surface area contributed by atoms with Crippen LogP contribution in [0.15, 0.2) is 66.7 Å². The van der Waals surface area contributed by atoms with Crippen molar-refractivity contribution in [1.82, 2.24) is 9.88 Å². The molecule has 1 saturated heterocycles. The van der Waals surface area contributed by atoms with Crippen LogP contribution in [0.25, 0.3) is 22.4 Å². The first kappa shape index (κ1) is 23.5. The summed E-state index contributed by atoms with van der Waals surface area (Å²) in [5.74, 6) is -1.45. The number of piperazine rings is 1. The van der Waals surface area contributed by atoms with E-state index in [1.807, 2.05) is 19.1 Å². The summed E-state index contributed by atoms with van der Waals surface area (Å²) in [4.78, 5) is 8.00. The Labute approximate surface area is 207 Å². The predicted octanol–water partition coefficient (Wildman–Crippen LogP) is 7.05. The largest absolute Gasteiger partial charge is 0.369 e. The molecule has 0 atom stereocenters. The number of hydrogen-bond acceptors (Lipinski definition) is 2. The monoisotopic (exact) mass is 495 g/mol. The molecule has 35 heavy (non-hydrogen) atoms. The number of aryl methyl sites for hydroxylation is 1. The number of nitrogens with zero attached hydrogens (tertiary/aromatic N) is 2. The Morgan fingerprint density at radius 2 is 1.49 bits per heavy atom. The zero-order chi connectivity index (χ0) is 24.5. The molecule has 0 saturated carbocycles. The Balaban J connectivity index is 1.46. The summed E-state index contributed by atoms with van der Waals surface area (Å²) in [6.07, 6.45) is 0. The van der Waals surface area contributed by atoms with Gasteiger partial charge in [0.2, 0.25) is 0 Å². The highest BCUT2D eigenvalue weighted by Crippen LogP contribution is 2.39. The van der Waals surface area contributed by atoms with E-state index in [4.69, 9.17) is 11.6 Å². The van der Waals surface area contributed by atoms with Gasteiger partial charge in [0.25, 0.3) is 0 Å². The number of rotatable bonds is 5. The van der Waals surface area contributed by atoms with E-state index in [1.165, 1.54) is 24.3 Å². The van der Waals surface area contributed by atoms with E-state index in [2.05, 4.69) is 14.8 Å². The third kappa shape index (κ3) is 4.95. The van der Waals surface area contributed by atoms with Gasteiger partial charge in [0.05, 0.1) is 5.69 Å². The molecule has 1 N–H and O–H groups in total. The van der Waals surface area contributed by atoms with Crippen LogP contribution in [0.5, 0.6) is 0 Å². The molecular weight excluding hydrogens is 471 g/mol. The van der Waals surface area contributed by atoms with E-state index < -0.39 is 11.6 Å². The fourth-order valence-electron chi connectivity index (χ4n) is 4.72. The molecule has 180 valence electrons. The second-order valence-electron chi connectivity index (χ2n) is 8.85. The SMILES string of the molecule is Cc1[nH]c(-c2ccc(Cl)cc2)c(-c2ccc(F)cc2F)c1CN1CCN(c2ccc(F)cc2)CC1. The van der Waals surface area contributed by atoms with E-state index >= 15 is 4.39 Å². The van der Waals surface area contributed by atoms with Gasteiger partial charge in [-0.2, -0.15) is 0 Å². The lowest BCUT2D eigenvalue weighted by molar-refractivity contribution is 0.250. The zero-order valence-corrected chi connectivity index (χ0v) is 20.0. The van der Waals surface area contributed by atoms with E-state index in [9.17, 15) is 8.78 Å². The zero-order valence-electron chi connectivity index (χ0n) is 19.3. The molecule has 1 aliphatic rings. The summed E-state index contributed by atoms with van der Waals surface area (Å²) in [5, 5.41) is 0.616. The fraction of sp³-hybridized carbons (Fsp3) is 0.214. The summed E-state index contributed by atoms with van der Waals surface area (Å²) < 4.78 is 42.0. The van der Waals surface area contributed by atoms with Crippen LogP contribution in [0.1, 0.15) is 11.3 Å². The Morgan fingerprint density at radius 3 is 2.14 bits per heavy atom. The van der Waals surface area contributed by atoms with E-state index in [-0.39, 0.29) is 5.82 Å². The van der Waals surface area contributed by atoms with Crippen LogP contribution in [-0.4, -0.2) is 36.1 Å². The molecule has 0 unspecified atom stereocenters. The van der Waals surface area contributed by atoms with Crippen molar-refractivity contribution in [3.63, 3.8) is 0 Å². The number of aromatic amines is 1. The third-order valence-corrected chi connectivity index (χ3v) is 6.85. The minimum absolute atomic E-state index is 0.243. The molecule has 1 fully saturated rings. The van der Waals surface area contributed by atoms with Crippen molar-refractivity contribution in [2.75, 3.05) is 31.1 Å². The van der Waals surface area contributed by atoms with Gasteiger partial charge in [-0.25, -0.2) is 13.2 Å². The molecule has 0 aliphatic carbocycles. The molecule has 0 radical (unpaired) electrons. The van der Waals surface area contributed by atoms with Gasteiger partial charge in [-0.3, -0.25) is 4.90 Å². The maximum Gasteiger partial charge on any atom is 0.134 e. The fourth-order valence-corrected chi connectivity index (χ4v) is 4.85. The number of nitrogens with one attached hydrogen (secondary N) is 1. The molecule has 1 aliphatic heterocycles. The highest BCUT2D eigenvalue weighted by Gasteiger charge is 2.24. The second-order valence-corrected chi connectivity index (χ2v) is 9.29. The molecular formula is C28H25ClF3N3. The number of benzene rings is 3. The minimum Gasteiger partial charge on any atom is -0.369 e. The molecule has 3 nitrogen and oxygen atoms in total. The van der Waals surface area contributed by atoms with E-state index in [1.54, 1.807) is 24.3 Å². The lowest BCUT2D eigenvalue weighted by Crippen LogP contribution is -2.46. The maximum absolute atomic E-state index is 15.0. The lowest BCUT2D eigenvalue weighted by Gasteiger charge is -2.36. The highest BCUT2D eigenvalue weighted by atomic mass is 35.5. The third-order valence-electron chi connectivity index (χ3n) is 6.60. The topological polar surface area (TPSA) is 22.3 Å². The molecule has 0 spiro atoms. The summed E-state index contributed by atoms with van der Waals surface area (Å²) in [7, 11) is 0. The van der Waals surface area contributed by atoms with E-state index in [0.29, 0.717) is 17.1 Å². The maximum atomic E-state index is 15.0. The number of hydrogen-bond donors (Lipinski definition) is 1. The van der Waals surface area contributed by atoms with Gasteiger partial charge < -0.3 is 9.88 Å². The molecule has 5 rings (SSSR count). The van der Waals surface area contributed by atoms with Crippen molar-refractivity contribution in [1.29, 1.82) is 0 Å². The summed E-state index contributed by atoms with van der Waals surface area (Å²) in [5.41, 5.74) is 5.69. The molecule has 0 amide bonds. The van der Waals surface area contributed by atoms with Crippen LogP contribution in [0.3, 0.4) is 0 Å². The quantitative estimate of drug-likeness (QED) is 0.320. The van der Waals surface area contributed by atoms with Gasteiger partial charge in [0, 0.05) is 66.3 Å². The number of halogens is 4. The average Bonchev–Trinajstić information content (AvgIpc) is 3.16. The highest BCUT2D eigenvalue weighted by molar-refractivity contribution is 6.30. The van der Waals surface area contributed by atoms with Gasteiger partial charge in [0.1, 0.15) is 17.5 Å². The van der Waals surface area contributed by atoms with Crippen LogP contribution >= 0.6 is 11.6 Å². The number of anilines is 1. The second kappa shape index (κ2) is 9.80. The van der Waals surface area contributed by atoms with Crippen molar-refractivity contribution in [2.24, 2.45) is 0 Å². The minimum atomic E-state index is -0.606. The normalized spacial score (nSPS) is 14.5. The molecule has 0 bridgehead atoms. The van der Waals surface area contributed by atoms with Gasteiger partial charge >= 0.3 is 0 Å². The molecule has 3 aromatic carbocycles. The van der Waals surface area contributed by atoms with Crippen LogP contribution in [0.2, 0.25) is 5.02 Å². The van der Waals surface area contributed by atoms with Gasteiger partial charge in [-0.1, -0.05) is 23.7 Å². The van der Waals surface area contributed by atoms with Crippen molar-refractivity contribution in [3.8, 4) is 22.4 Å². The van der Waals surface area contributed by atoms with Crippen molar-refractivity contribution in [3.05, 3.63) is 100 Å². The Kier molecular flexibility index (Phi) is 6.58. The molecule has 4 aromatic rings. The first-order chi connectivity index (χ1) is 16.9. The number of H-pyrrole nitrogens is 1. The van der Waals surface area contributed by atoms with Crippen LogP contribution in [-0.2, 0) is 6.54 Å². The van der Waals surface area contributed by atoms with Crippen molar-refractivity contribution >= 4 is 17.3 Å². The average molecular weight is 496 g/mol. The summed E-state index contributed by atoms with van der Waals surface area (Å²) in [6.45, 7) is 5.83. The Hall–Kier alpha value is -3.22. The predicted molar refractivity (Wildman–Crippen MR) is 135 cm³/mol. The first-order valence-electron chi connectivity index (χ1n) is 11.5. The molecule has 1 aromatic heterocycles.